The van der Waals surface area contributed by atoms with E-state index >= 15 is 0 Å². The fourth-order valence-corrected chi connectivity index (χ4v) is 2.28. The molecule has 120 valence electrons. The van der Waals surface area contributed by atoms with E-state index < -0.39 is 6.10 Å². The van der Waals surface area contributed by atoms with Crippen LogP contribution in [0.4, 0.5) is 6.01 Å². The van der Waals surface area contributed by atoms with E-state index in [2.05, 4.69) is 34.2 Å². The minimum atomic E-state index is -0.499. The smallest absolute Gasteiger partial charge is 0.321 e. The number of hydrogen-bond donors (Lipinski definition) is 2. The molecule has 2 N–H and O–H groups in total. The Kier molecular flexibility index (Phi) is 6.18. The Morgan fingerprint density at radius 1 is 1.36 bits per heavy atom. The third kappa shape index (κ3) is 4.69. The van der Waals surface area contributed by atoms with Crippen molar-refractivity contribution in [3.63, 3.8) is 0 Å². The summed E-state index contributed by atoms with van der Waals surface area (Å²) in [5.74, 6) is 0.461. The van der Waals surface area contributed by atoms with Gasteiger partial charge in [-0.05, 0) is 25.2 Å². The first-order valence-electron chi connectivity index (χ1n) is 7.36. The van der Waals surface area contributed by atoms with Crippen LogP contribution in [-0.4, -0.2) is 52.4 Å². The van der Waals surface area contributed by atoms with E-state index in [-0.39, 0.29) is 6.01 Å². The van der Waals surface area contributed by atoms with Crippen molar-refractivity contribution in [2.45, 2.75) is 20.0 Å². The number of likely N-dealkylation sites (N-methyl/N-ethyl adjacent to an activating group) is 1. The monoisotopic (exact) mass is 324 g/mol. The molecule has 6 nitrogen and oxygen atoms in total. The normalized spacial score (nSPS) is 12.6. The van der Waals surface area contributed by atoms with Crippen LogP contribution in [0.3, 0.4) is 0 Å². The van der Waals surface area contributed by atoms with Crippen molar-refractivity contribution in [2.24, 2.45) is 0 Å². The van der Waals surface area contributed by atoms with Crippen molar-refractivity contribution < 1.29 is 9.63 Å². The van der Waals surface area contributed by atoms with Crippen LogP contribution < -0.4 is 5.32 Å². The van der Waals surface area contributed by atoms with E-state index in [0.717, 1.165) is 18.7 Å². The highest BCUT2D eigenvalue weighted by atomic mass is 35.5. The Morgan fingerprint density at radius 2 is 2.14 bits per heavy atom. The lowest BCUT2D eigenvalue weighted by Gasteiger charge is -2.21. The molecule has 0 aliphatic heterocycles. The van der Waals surface area contributed by atoms with Gasteiger partial charge < -0.3 is 19.8 Å². The minimum Gasteiger partial charge on any atom is -0.390 e. The van der Waals surface area contributed by atoms with Crippen LogP contribution in [0.15, 0.2) is 28.8 Å². The molecule has 0 amide bonds. The van der Waals surface area contributed by atoms with Crippen LogP contribution >= 0.6 is 11.6 Å². The first-order chi connectivity index (χ1) is 10.6. The highest BCUT2D eigenvalue weighted by Gasteiger charge is 2.12. The molecule has 0 aliphatic carbocycles. The first-order valence-corrected chi connectivity index (χ1v) is 7.74. The van der Waals surface area contributed by atoms with Gasteiger partial charge in [0.05, 0.1) is 6.10 Å². The molecule has 0 bridgehead atoms. The van der Waals surface area contributed by atoms with Gasteiger partial charge in [-0.15, -0.1) is 0 Å². The first kappa shape index (κ1) is 16.7. The minimum absolute atomic E-state index is 0.286. The van der Waals surface area contributed by atoms with Gasteiger partial charge in [-0.1, -0.05) is 42.7 Å². The van der Waals surface area contributed by atoms with Crippen LogP contribution in [0, 0.1) is 0 Å². The summed E-state index contributed by atoms with van der Waals surface area (Å²) in [5, 5.41) is 17.5. The topological polar surface area (TPSA) is 74.4 Å². The molecule has 1 aromatic heterocycles. The number of hydrogen-bond acceptors (Lipinski definition) is 6. The number of anilines is 1. The van der Waals surface area contributed by atoms with E-state index in [1.807, 2.05) is 12.1 Å². The summed E-state index contributed by atoms with van der Waals surface area (Å²) in [6.07, 6.45) is -0.499. The van der Waals surface area contributed by atoms with E-state index in [1.54, 1.807) is 12.1 Å². The van der Waals surface area contributed by atoms with Gasteiger partial charge in [-0.25, -0.2) is 0 Å². The summed E-state index contributed by atoms with van der Waals surface area (Å²) in [4.78, 5) is 6.39. The lowest BCUT2D eigenvalue weighted by atomic mass is 10.2. The highest BCUT2D eigenvalue weighted by Crippen LogP contribution is 2.21. The van der Waals surface area contributed by atoms with Crippen LogP contribution in [0.25, 0.3) is 11.4 Å². The molecule has 1 heterocycles. The van der Waals surface area contributed by atoms with E-state index in [9.17, 15) is 5.11 Å². The predicted octanol–water partition coefficient (Wildman–Crippen LogP) is 2.50. The van der Waals surface area contributed by atoms with Crippen LogP contribution in [0.5, 0.6) is 0 Å². The quantitative estimate of drug-likeness (QED) is 0.777. The zero-order valence-electron chi connectivity index (χ0n) is 12.8. The largest absolute Gasteiger partial charge is 0.390 e. The molecule has 0 fully saturated rings. The van der Waals surface area contributed by atoms with Crippen molar-refractivity contribution in [1.82, 2.24) is 15.0 Å². The van der Waals surface area contributed by atoms with Gasteiger partial charge in [0.1, 0.15) is 0 Å². The average Bonchev–Trinajstić information content (AvgIpc) is 2.99. The second-order valence-corrected chi connectivity index (χ2v) is 5.39. The second-order valence-electron chi connectivity index (χ2n) is 4.95. The van der Waals surface area contributed by atoms with E-state index in [4.69, 9.17) is 16.1 Å². The number of aliphatic hydroxyl groups excluding tert-OH is 1. The number of halogens is 1. The molecule has 0 radical (unpaired) electrons. The highest BCUT2D eigenvalue weighted by molar-refractivity contribution is 6.30. The Hall–Kier alpha value is -1.63. The Labute approximate surface area is 135 Å². The zero-order chi connectivity index (χ0) is 15.9. The third-order valence-corrected chi connectivity index (χ3v) is 3.60. The van der Waals surface area contributed by atoms with Gasteiger partial charge in [-0.2, -0.15) is 4.98 Å². The number of benzene rings is 1. The molecular weight excluding hydrogens is 304 g/mol. The molecule has 7 heteroatoms. The Morgan fingerprint density at radius 3 is 2.82 bits per heavy atom. The fourth-order valence-electron chi connectivity index (χ4n) is 2.09. The van der Waals surface area contributed by atoms with Crippen LogP contribution in [0.1, 0.15) is 13.8 Å². The maximum Gasteiger partial charge on any atom is 0.321 e. The van der Waals surface area contributed by atoms with Gasteiger partial charge in [-0.3, -0.25) is 0 Å². The standard InChI is InChI=1S/C15H21ClN4O2/c1-3-20(4-2)10-13(21)9-17-15-18-14(19-22-15)11-6-5-7-12(16)8-11/h5-8,13,21H,3-4,9-10H2,1-2H3,(H,17,18,19). The summed E-state index contributed by atoms with van der Waals surface area (Å²) >= 11 is 5.94. The molecule has 1 aromatic carbocycles. The molecule has 1 atom stereocenters. The SMILES string of the molecule is CCN(CC)CC(O)CNc1nc(-c2cccc(Cl)c2)no1. The second kappa shape index (κ2) is 8.12. The molecule has 2 rings (SSSR count). The van der Waals surface area contributed by atoms with Crippen molar-refractivity contribution >= 4 is 17.6 Å². The summed E-state index contributed by atoms with van der Waals surface area (Å²) < 4.78 is 5.13. The van der Waals surface area contributed by atoms with Crippen LogP contribution in [-0.2, 0) is 0 Å². The molecule has 22 heavy (non-hydrogen) atoms. The molecule has 0 aliphatic rings. The van der Waals surface area contributed by atoms with Gasteiger partial charge in [0.15, 0.2) is 0 Å². The van der Waals surface area contributed by atoms with Gasteiger partial charge in [0, 0.05) is 23.7 Å². The fraction of sp³-hybridized carbons (Fsp3) is 0.467. The Balaban J connectivity index is 1.90. The molecular formula is C15H21ClN4O2. The molecule has 0 spiro atoms. The number of aliphatic hydroxyl groups is 1. The van der Waals surface area contributed by atoms with Gasteiger partial charge >= 0.3 is 6.01 Å². The average molecular weight is 325 g/mol. The summed E-state index contributed by atoms with van der Waals surface area (Å²) in [6, 6.07) is 7.53. The molecule has 1 unspecified atom stereocenters. The maximum absolute atomic E-state index is 9.99. The number of rotatable bonds is 8. The summed E-state index contributed by atoms with van der Waals surface area (Å²) in [7, 11) is 0. The van der Waals surface area contributed by atoms with Crippen molar-refractivity contribution in [2.75, 3.05) is 31.5 Å². The maximum atomic E-state index is 9.99. The predicted molar refractivity (Wildman–Crippen MR) is 87.0 cm³/mol. The molecule has 2 aromatic rings. The zero-order valence-corrected chi connectivity index (χ0v) is 13.5. The lowest BCUT2D eigenvalue weighted by Crippen LogP contribution is -2.35. The van der Waals surface area contributed by atoms with Crippen molar-refractivity contribution in [3.05, 3.63) is 29.3 Å². The van der Waals surface area contributed by atoms with E-state index in [1.165, 1.54) is 0 Å². The number of nitrogens with one attached hydrogen (secondary N) is 1. The van der Waals surface area contributed by atoms with Gasteiger partial charge in [0.25, 0.3) is 0 Å². The van der Waals surface area contributed by atoms with Crippen LogP contribution in [0.2, 0.25) is 5.02 Å². The van der Waals surface area contributed by atoms with E-state index in [0.29, 0.717) is 23.9 Å². The summed E-state index contributed by atoms with van der Waals surface area (Å²) in [5.41, 5.74) is 0.785. The van der Waals surface area contributed by atoms with Crippen molar-refractivity contribution in [3.8, 4) is 11.4 Å². The van der Waals surface area contributed by atoms with Crippen molar-refractivity contribution in [1.29, 1.82) is 0 Å². The molecule has 0 saturated heterocycles. The van der Waals surface area contributed by atoms with Gasteiger partial charge in [0.2, 0.25) is 5.82 Å². The summed E-state index contributed by atoms with van der Waals surface area (Å²) in [6.45, 7) is 6.92. The number of nitrogens with zero attached hydrogens (tertiary/aromatic N) is 3. The third-order valence-electron chi connectivity index (χ3n) is 3.36. The Bertz CT molecular complexity index is 586. The lowest BCUT2D eigenvalue weighted by molar-refractivity contribution is 0.127. The number of aromatic nitrogens is 2. The molecule has 0 saturated carbocycles.